The summed E-state index contributed by atoms with van der Waals surface area (Å²) < 4.78 is 43.6. The van der Waals surface area contributed by atoms with Gasteiger partial charge in [-0.1, -0.05) is 12.1 Å². The van der Waals surface area contributed by atoms with Crippen LogP contribution in [0.5, 0.6) is 5.88 Å². The van der Waals surface area contributed by atoms with E-state index in [1.807, 2.05) is 19.1 Å². The van der Waals surface area contributed by atoms with Gasteiger partial charge >= 0.3 is 6.18 Å². The van der Waals surface area contributed by atoms with Crippen molar-refractivity contribution in [3.05, 3.63) is 59.3 Å². The number of aliphatic imine (C=N–C) groups is 1. The highest BCUT2D eigenvalue weighted by atomic mass is 19.4. The Morgan fingerprint density at radius 3 is 2.42 bits per heavy atom. The smallest absolute Gasteiger partial charge is 0.416 e. The van der Waals surface area contributed by atoms with E-state index in [0.717, 1.165) is 17.7 Å². The summed E-state index contributed by atoms with van der Waals surface area (Å²) in [7, 11) is 1.60. The largest absolute Gasteiger partial charge is 0.478 e. The number of alkyl halides is 3. The fourth-order valence-electron chi connectivity index (χ4n) is 2.24. The molecule has 0 atom stereocenters. The first kappa shape index (κ1) is 19.6. The lowest BCUT2D eigenvalue weighted by atomic mass is 10.1. The number of benzene rings is 1. The monoisotopic (exact) mass is 366 g/mol. The molecule has 26 heavy (non-hydrogen) atoms. The van der Waals surface area contributed by atoms with Gasteiger partial charge in [0.2, 0.25) is 5.88 Å². The molecule has 2 rings (SSSR count). The lowest BCUT2D eigenvalue weighted by molar-refractivity contribution is -0.137. The minimum absolute atomic E-state index is 0.226. The standard InChI is InChI=1S/C18H21F3N4O/c1-3-26-16-10-14(7-8-23-16)12-25-17(22-2)24-11-13-5-4-6-15(9-13)18(19,20)21/h4-10H,3,11-12H2,1-2H3,(H2,22,24,25). The van der Waals surface area contributed by atoms with Crippen LogP contribution >= 0.6 is 0 Å². The summed E-state index contributed by atoms with van der Waals surface area (Å²) >= 11 is 0. The molecule has 0 unspecified atom stereocenters. The van der Waals surface area contributed by atoms with E-state index in [0.29, 0.717) is 30.6 Å². The molecule has 0 spiro atoms. The van der Waals surface area contributed by atoms with Crippen molar-refractivity contribution < 1.29 is 17.9 Å². The first-order chi connectivity index (χ1) is 12.4. The van der Waals surface area contributed by atoms with Gasteiger partial charge in [-0.05, 0) is 36.2 Å². The van der Waals surface area contributed by atoms with Gasteiger partial charge < -0.3 is 15.4 Å². The van der Waals surface area contributed by atoms with Gasteiger partial charge in [-0.2, -0.15) is 13.2 Å². The average molecular weight is 366 g/mol. The first-order valence-electron chi connectivity index (χ1n) is 8.10. The van der Waals surface area contributed by atoms with Gasteiger partial charge in [0.25, 0.3) is 0 Å². The van der Waals surface area contributed by atoms with E-state index in [4.69, 9.17) is 4.74 Å². The number of nitrogens with zero attached hydrogens (tertiary/aromatic N) is 2. The number of rotatable bonds is 6. The van der Waals surface area contributed by atoms with Crippen LogP contribution in [0.1, 0.15) is 23.6 Å². The zero-order chi connectivity index (χ0) is 19.0. The quantitative estimate of drug-likeness (QED) is 0.608. The SMILES string of the molecule is CCOc1cc(CNC(=NC)NCc2cccc(C(F)(F)F)c2)ccn1. The third kappa shape index (κ3) is 5.94. The van der Waals surface area contributed by atoms with E-state index >= 15 is 0 Å². The molecule has 0 radical (unpaired) electrons. The minimum Gasteiger partial charge on any atom is -0.478 e. The highest BCUT2D eigenvalue weighted by molar-refractivity contribution is 5.79. The summed E-state index contributed by atoms with van der Waals surface area (Å²) in [6, 6.07) is 8.86. The molecule has 2 aromatic rings. The molecule has 1 aromatic heterocycles. The maximum absolute atomic E-state index is 12.8. The summed E-state index contributed by atoms with van der Waals surface area (Å²) in [6.07, 6.45) is -2.70. The Bertz CT molecular complexity index is 747. The predicted molar refractivity (Wildman–Crippen MR) is 93.9 cm³/mol. The Morgan fingerprint density at radius 1 is 1.12 bits per heavy atom. The summed E-state index contributed by atoms with van der Waals surface area (Å²) in [6.45, 7) is 3.12. The topological polar surface area (TPSA) is 58.5 Å². The van der Waals surface area contributed by atoms with Crippen molar-refractivity contribution in [1.82, 2.24) is 15.6 Å². The molecule has 0 aliphatic carbocycles. The Balaban J connectivity index is 1.91. The lowest BCUT2D eigenvalue weighted by Gasteiger charge is -2.13. The fraction of sp³-hybridized carbons (Fsp3) is 0.333. The van der Waals surface area contributed by atoms with E-state index < -0.39 is 11.7 Å². The van der Waals surface area contributed by atoms with Crippen molar-refractivity contribution in [2.75, 3.05) is 13.7 Å². The number of guanidine groups is 1. The molecule has 0 amide bonds. The number of ether oxygens (including phenoxy) is 1. The highest BCUT2D eigenvalue weighted by Crippen LogP contribution is 2.29. The third-order valence-electron chi connectivity index (χ3n) is 3.49. The van der Waals surface area contributed by atoms with Gasteiger partial charge in [0.1, 0.15) is 0 Å². The first-order valence-corrected chi connectivity index (χ1v) is 8.10. The van der Waals surface area contributed by atoms with Gasteiger partial charge in [-0.25, -0.2) is 4.98 Å². The van der Waals surface area contributed by atoms with Crippen LogP contribution in [-0.4, -0.2) is 24.6 Å². The zero-order valence-corrected chi connectivity index (χ0v) is 14.6. The van der Waals surface area contributed by atoms with E-state index in [1.54, 1.807) is 19.3 Å². The Hall–Kier alpha value is -2.77. The number of hydrogen-bond acceptors (Lipinski definition) is 3. The van der Waals surface area contributed by atoms with Crippen molar-refractivity contribution >= 4 is 5.96 Å². The van der Waals surface area contributed by atoms with Crippen LogP contribution in [0, 0.1) is 0 Å². The molecule has 8 heteroatoms. The molecule has 5 nitrogen and oxygen atoms in total. The molecular weight excluding hydrogens is 345 g/mol. The third-order valence-corrected chi connectivity index (χ3v) is 3.49. The van der Waals surface area contributed by atoms with Crippen LogP contribution in [0.15, 0.2) is 47.6 Å². The summed E-state index contributed by atoms with van der Waals surface area (Å²) in [5.41, 5.74) is 0.802. The van der Waals surface area contributed by atoms with Crippen molar-refractivity contribution in [3.8, 4) is 5.88 Å². The lowest BCUT2D eigenvalue weighted by Crippen LogP contribution is -2.36. The normalized spacial score (nSPS) is 12.0. The second-order valence-electron chi connectivity index (χ2n) is 5.41. The maximum Gasteiger partial charge on any atom is 0.416 e. The Kier molecular flexibility index (Phi) is 6.82. The second-order valence-corrected chi connectivity index (χ2v) is 5.41. The van der Waals surface area contributed by atoms with E-state index in [2.05, 4.69) is 20.6 Å². The van der Waals surface area contributed by atoms with Gasteiger partial charge in [0, 0.05) is 32.4 Å². The number of aromatic nitrogens is 1. The molecule has 0 aliphatic heterocycles. The van der Waals surface area contributed by atoms with Crippen LogP contribution in [0.25, 0.3) is 0 Å². The average Bonchev–Trinajstić information content (AvgIpc) is 2.62. The van der Waals surface area contributed by atoms with E-state index in [-0.39, 0.29) is 6.54 Å². The molecule has 2 N–H and O–H groups in total. The molecule has 1 heterocycles. The molecule has 0 saturated heterocycles. The van der Waals surface area contributed by atoms with Gasteiger partial charge in [0.15, 0.2) is 5.96 Å². The van der Waals surface area contributed by atoms with Crippen molar-refractivity contribution in [2.45, 2.75) is 26.2 Å². The van der Waals surface area contributed by atoms with Crippen LogP contribution < -0.4 is 15.4 Å². The van der Waals surface area contributed by atoms with Crippen LogP contribution in [0.3, 0.4) is 0 Å². The minimum atomic E-state index is -4.35. The number of hydrogen-bond donors (Lipinski definition) is 2. The molecule has 0 aliphatic rings. The predicted octanol–water partition coefficient (Wildman–Crippen LogP) is 3.36. The summed E-state index contributed by atoms with van der Waals surface area (Å²) in [4.78, 5) is 8.17. The molecule has 0 fully saturated rings. The van der Waals surface area contributed by atoms with Crippen molar-refractivity contribution in [3.63, 3.8) is 0 Å². The van der Waals surface area contributed by atoms with Crippen LogP contribution in [0.2, 0.25) is 0 Å². The fourth-order valence-corrected chi connectivity index (χ4v) is 2.24. The molecule has 0 saturated carbocycles. The van der Waals surface area contributed by atoms with E-state index in [1.165, 1.54) is 6.07 Å². The molecule has 1 aromatic carbocycles. The van der Waals surface area contributed by atoms with Crippen LogP contribution in [0.4, 0.5) is 13.2 Å². The number of nitrogens with one attached hydrogen (secondary N) is 2. The van der Waals surface area contributed by atoms with Gasteiger partial charge in [-0.15, -0.1) is 0 Å². The Labute approximate surface area is 150 Å². The van der Waals surface area contributed by atoms with Crippen LogP contribution in [-0.2, 0) is 19.3 Å². The van der Waals surface area contributed by atoms with Crippen molar-refractivity contribution in [2.24, 2.45) is 4.99 Å². The maximum atomic E-state index is 12.8. The van der Waals surface area contributed by atoms with Crippen molar-refractivity contribution in [1.29, 1.82) is 0 Å². The Morgan fingerprint density at radius 2 is 1.81 bits per heavy atom. The van der Waals surface area contributed by atoms with Gasteiger partial charge in [-0.3, -0.25) is 4.99 Å². The van der Waals surface area contributed by atoms with Gasteiger partial charge in [0.05, 0.1) is 12.2 Å². The zero-order valence-electron chi connectivity index (χ0n) is 14.6. The highest BCUT2D eigenvalue weighted by Gasteiger charge is 2.30. The molecule has 0 bridgehead atoms. The summed E-state index contributed by atoms with van der Waals surface area (Å²) in [5, 5.41) is 6.10. The second kappa shape index (κ2) is 9.07. The van der Waals surface area contributed by atoms with E-state index in [9.17, 15) is 13.2 Å². The molecule has 140 valence electrons. The summed E-state index contributed by atoms with van der Waals surface area (Å²) in [5.74, 6) is 1.02. The number of halogens is 3. The molecular formula is C18H21F3N4O. The number of pyridine rings is 1.